The van der Waals surface area contributed by atoms with Crippen molar-refractivity contribution < 1.29 is 4.74 Å². The second-order valence-electron chi connectivity index (χ2n) is 5.25. The van der Waals surface area contributed by atoms with Gasteiger partial charge in [0, 0.05) is 32.8 Å². The molecule has 2 aromatic rings. The predicted octanol–water partition coefficient (Wildman–Crippen LogP) is 0.114. The molecule has 0 aromatic carbocycles. The molecule has 0 radical (unpaired) electrons. The number of anilines is 1. The van der Waals surface area contributed by atoms with E-state index >= 15 is 0 Å². The molecular formula is C13H21N7O. The average Bonchev–Trinajstić information content (AvgIpc) is 3.00. The lowest BCUT2D eigenvalue weighted by atomic mass is 10.0. The van der Waals surface area contributed by atoms with Crippen molar-refractivity contribution in [3.05, 3.63) is 12.4 Å². The highest BCUT2D eigenvalue weighted by molar-refractivity contribution is 5.47. The predicted molar refractivity (Wildman–Crippen MR) is 78.3 cm³/mol. The number of fused-ring (bicyclic) bond motifs is 1. The Morgan fingerprint density at radius 1 is 1.38 bits per heavy atom. The van der Waals surface area contributed by atoms with Crippen LogP contribution >= 0.6 is 0 Å². The molecule has 8 heteroatoms. The van der Waals surface area contributed by atoms with Crippen molar-refractivity contribution in [3.63, 3.8) is 0 Å². The minimum atomic E-state index is 0.437. The highest BCUT2D eigenvalue weighted by Crippen LogP contribution is 2.23. The molecule has 0 amide bonds. The second kappa shape index (κ2) is 6.77. The van der Waals surface area contributed by atoms with Crippen molar-refractivity contribution in [3.8, 4) is 0 Å². The molecule has 1 atom stereocenters. The molecule has 8 nitrogen and oxygen atoms in total. The fraction of sp³-hybridized carbons (Fsp3) is 0.692. The van der Waals surface area contributed by atoms with E-state index in [1.807, 2.05) is 6.20 Å². The van der Waals surface area contributed by atoms with E-state index in [0.717, 1.165) is 32.1 Å². The zero-order valence-electron chi connectivity index (χ0n) is 12.3. The Hall–Kier alpha value is -1.80. The fourth-order valence-corrected chi connectivity index (χ4v) is 2.82. The lowest BCUT2D eigenvalue weighted by molar-refractivity contribution is 0.198. The van der Waals surface area contributed by atoms with Crippen LogP contribution < -0.4 is 10.2 Å². The summed E-state index contributed by atoms with van der Waals surface area (Å²) in [4.78, 5) is 6.62. The zero-order valence-corrected chi connectivity index (χ0v) is 12.3. The molecule has 21 heavy (non-hydrogen) atoms. The molecule has 1 unspecified atom stereocenters. The molecule has 0 aliphatic carbocycles. The van der Waals surface area contributed by atoms with Crippen molar-refractivity contribution in [1.82, 2.24) is 30.3 Å². The van der Waals surface area contributed by atoms with Crippen molar-refractivity contribution in [2.24, 2.45) is 0 Å². The maximum Gasteiger partial charge on any atom is 0.199 e. The van der Waals surface area contributed by atoms with Gasteiger partial charge in [0.15, 0.2) is 11.5 Å². The highest BCUT2D eigenvalue weighted by atomic mass is 16.5. The van der Waals surface area contributed by atoms with E-state index in [1.165, 1.54) is 19.3 Å². The normalized spacial score (nSPS) is 19.3. The summed E-state index contributed by atoms with van der Waals surface area (Å²) in [5.74, 6) is 0.968. The van der Waals surface area contributed by atoms with E-state index < -0.39 is 0 Å². The van der Waals surface area contributed by atoms with Crippen molar-refractivity contribution >= 4 is 11.5 Å². The molecule has 114 valence electrons. The molecule has 1 aliphatic heterocycles. The van der Waals surface area contributed by atoms with Crippen LogP contribution in [0.2, 0.25) is 0 Å². The molecule has 0 spiro atoms. The summed E-state index contributed by atoms with van der Waals surface area (Å²) in [7, 11) is 1.72. The van der Waals surface area contributed by atoms with Gasteiger partial charge in [-0.25, -0.2) is 0 Å². The lowest BCUT2D eigenvalue weighted by Gasteiger charge is -2.37. The SMILES string of the molecule is COCCNCC1CCCCN1c1cncc2nnnn12. The third-order valence-corrected chi connectivity index (χ3v) is 3.87. The Kier molecular flexibility index (Phi) is 4.56. The topological polar surface area (TPSA) is 80.5 Å². The van der Waals surface area contributed by atoms with E-state index in [4.69, 9.17) is 4.74 Å². The minimum Gasteiger partial charge on any atom is -0.383 e. The average molecular weight is 291 g/mol. The third-order valence-electron chi connectivity index (χ3n) is 3.87. The van der Waals surface area contributed by atoms with Gasteiger partial charge in [-0.1, -0.05) is 0 Å². The third kappa shape index (κ3) is 3.11. The molecule has 3 heterocycles. The van der Waals surface area contributed by atoms with E-state index in [2.05, 4.69) is 30.7 Å². The van der Waals surface area contributed by atoms with Gasteiger partial charge in [0.1, 0.15) is 0 Å². The van der Waals surface area contributed by atoms with Crippen LogP contribution in [0.25, 0.3) is 5.65 Å². The van der Waals surface area contributed by atoms with Gasteiger partial charge >= 0.3 is 0 Å². The molecule has 3 rings (SSSR count). The molecule has 1 aliphatic rings. The van der Waals surface area contributed by atoms with Crippen LogP contribution in [0.5, 0.6) is 0 Å². The summed E-state index contributed by atoms with van der Waals surface area (Å²) in [6.07, 6.45) is 7.13. The highest BCUT2D eigenvalue weighted by Gasteiger charge is 2.24. The summed E-state index contributed by atoms with van der Waals surface area (Å²) in [6.45, 7) is 3.55. The van der Waals surface area contributed by atoms with Crippen LogP contribution in [0.3, 0.4) is 0 Å². The van der Waals surface area contributed by atoms with Crippen LogP contribution in [0.1, 0.15) is 19.3 Å². The first-order chi connectivity index (χ1) is 10.4. The standard InChI is InChI=1S/C13H21N7O/c1-21-7-5-14-8-11-4-2-3-6-19(11)13-10-15-9-12-16-17-18-20(12)13/h9-11,14H,2-8H2,1H3. The Bertz CT molecular complexity index is 572. The number of nitrogens with one attached hydrogen (secondary N) is 1. The van der Waals surface area contributed by atoms with Gasteiger partial charge in [-0.05, 0) is 29.7 Å². The Morgan fingerprint density at radius 3 is 3.24 bits per heavy atom. The number of tetrazole rings is 1. The minimum absolute atomic E-state index is 0.437. The van der Waals surface area contributed by atoms with Crippen molar-refractivity contribution in [2.75, 3.05) is 38.3 Å². The Labute approximate surface area is 123 Å². The van der Waals surface area contributed by atoms with Crippen LogP contribution in [0.15, 0.2) is 12.4 Å². The molecule has 1 saturated heterocycles. The molecule has 0 saturated carbocycles. The summed E-state index contributed by atoms with van der Waals surface area (Å²) in [6, 6.07) is 0.437. The number of aromatic nitrogens is 5. The van der Waals surface area contributed by atoms with Gasteiger partial charge < -0.3 is 15.0 Å². The van der Waals surface area contributed by atoms with E-state index in [0.29, 0.717) is 11.7 Å². The fourth-order valence-electron chi connectivity index (χ4n) is 2.82. The molecule has 1 N–H and O–H groups in total. The maximum absolute atomic E-state index is 5.07. The van der Waals surface area contributed by atoms with Gasteiger partial charge in [-0.15, -0.1) is 5.10 Å². The van der Waals surface area contributed by atoms with Crippen molar-refractivity contribution in [2.45, 2.75) is 25.3 Å². The molecule has 0 bridgehead atoms. The van der Waals surface area contributed by atoms with Crippen molar-refractivity contribution in [1.29, 1.82) is 0 Å². The first-order valence-electron chi connectivity index (χ1n) is 7.38. The second-order valence-corrected chi connectivity index (χ2v) is 5.25. The summed E-state index contributed by atoms with van der Waals surface area (Å²) in [5.41, 5.74) is 0.684. The maximum atomic E-state index is 5.07. The lowest BCUT2D eigenvalue weighted by Crippen LogP contribution is -2.47. The van der Waals surface area contributed by atoms with Gasteiger partial charge in [0.25, 0.3) is 0 Å². The molecular weight excluding hydrogens is 270 g/mol. The number of methoxy groups -OCH3 is 1. The van der Waals surface area contributed by atoms with Crippen LogP contribution in [-0.4, -0.2) is 64.4 Å². The van der Waals surface area contributed by atoms with Gasteiger partial charge in [-0.3, -0.25) is 4.98 Å². The summed E-state index contributed by atoms with van der Waals surface area (Å²) in [5, 5.41) is 15.2. The van der Waals surface area contributed by atoms with E-state index in [1.54, 1.807) is 17.8 Å². The quantitative estimate of drug-likeness (QED) is 0.757. The summed E-state index contributed by atoms with van der Waals surface area (Å²) < 4.78 is 6.84. The monoisotopic (exact) mass is 291 g/mol. The zero-order chi connectivity index (χ0) is 14.5. The Morgan fingerprint density at radius 2 is 2.33 bits per heavy atom. The van der Waals surface area contributed by atoms with Crippen LogP contribution in [0.4, 0.5) is 5.82 Å². The van der Waals surface area contributed by atoms with Gasteiger partial charge in [0.2, 0.25) is 0 Å². The number of hydrogen-bond acceptors (Lipinski definition) is 7. The number of ether oxygens (including phenoxy) is 1. The number of piperidine rings is 1. The first-order valence-corrected chi connectivity index (χ1v) is 7.38. The van der Waals surface area contributed by atoms with Crippen LogP contribution in [0, 0.1) is 0 Å². The number of hydrogen-bond donors (Lipinski definition) is 1. The van der Waals surface area contributed by atoms with Gasteiger partial charge in [-0.2, -0.15) is 4.52 Å². The molecule has 1 fully saturated rings. The smallest absolute Gasteiger partial charge is 0.199 e. The van der Waals surface area contributed by atoms with E-state index in [-0.39, 0.29) is 0 Å². The largest absolute Gasteiger partial charge is 0.383 e. The Balaban J connectivity index is 1.75. The first kappa shape index (κ1) is 14.2. The van der Waals surface area contributed by atoms with Gasteiger partial charge in [0.05, 0.1) is 19.0 Å². The number of rotatable bonds is 6. The number of nitrogens with zero attached hydrogens (tertiary/aromatic N) is 6. The van der Waals surface area contributed by atoms with Crippen LogP contribution in [-0.2, 0) is 4.74 Å². The summed E-state index contributed by atoms with van der Waals surface area (Å²) >= 11 is 0. The molecule has 2 aromatic heterocycles. The van der Waals surface area contributed by atoms with E-state index in [9.17, 15) is 0 Å².